The Labute approximate surface area is 337 Å². The molecule has 2 aliphatic heterocycles. The number of hydrogen-bond acceptors (Lipinski definition) is 10. The zero-order valence-corrected chi connectivity index (χ0v) is 33.6. The fourth-order valence-corrected chi connectivity index (χ4v) is 7.86. The SMILES string of the molecule is Cc1cc(-c2[nH]nc3ncc(-c4ccc(N5CCN(CCc6ccc(C7CCC(=O)NC7=O)cc6)CC5)cc4)cc23)ccc1[C@@H](C)NC(=O)c1noc(C(C)(C)C)n1. The van der Waals surface area contributed by atoms with E-state index >= 15 is 0 Å². The minimum Gasteiger partial charge on any atom is -0.369 e. The number of carbonyl (C=O) groups is 3. The van der Waals surface area contributed by atoms with Crippen molar-refractivity contribution < 1.29 is 18.9 Å². The van der Waals surface area contributed by atoms with Gasteiger partial charge in [-0.15, -0.1) is 0 Å². The van der Waals surface area contributed by atoms with Gasteiger partial charge in [0, 0.05) is 73.0 Å². The minimum atomic E-state index is -0.384. The molecule has 3 N–H and O–H groups in total. The maximum Gasteiger partial charge on any atom is 0.293 e. The maximum absolute atomic E-state index is 12.9. The van der Waals surface area contributed by atoms with E-state index in [1.54, 1.807) is 0 Å². The maximum atomic E-state index is 12.9. The van der Waals surface area contributed by atoms with Gasteiger partial charge in [0.25, 0.3) is 11.7 Å². The molecule has 5 heterocycles. The summed E-state index contributed by atoms with van der Waals surface area (Å²) in [7, 11) is 0. The summed E-state index contributed by atoms with van der Waals surface area (Å²) in [6.07, 6.45) is 3.79. The van der Waals surface area contributed by atoms with Crippen molar-refractivity contribution in [3.63, 3.8) is 0 Å². The third-order valence-corrected chi connectivity index (χ3v) is 11.3. The number of piperazine rings is 1. The van der Waals surface area contributed by atoms with Gasteiger partial charge in [-0.2, -0.15) is 10.1 Å². The number of aromatic nitrogens is 5. The average Bonchev–Trinajstić information content (AvgIpc) is 3.89. The van der Waals surface area contributed by atoms with E-state index in [9.17, 15) is 14.4 Å². The second-order valence-electron chi connectivity index (χ2n) is 16.5. The number of piperidine rings is 1. The van der Waals surface area contributed by atoms with Crippen LogP contribution in [0.25, 0.3) is 33.4 Å². The van der Waals surface area contributed by atoms with Crippen LogP contribution in [0.4, 0.5) is 5.69 Å². The van der Waals surface area contributed by atoms with Crippen LogP contribution in [-0.4, -0.2) is 80.7 Å². The van der Waals surface area contributed by atoms with Crippen LogP contribution in [0.1, 0.15) is 91.3 Å². The van der Waals surface area contributed by atoms with Crippen molar-refractivity contribution in [2.24, 2.45) is 0 Å². The molecule has 0 spiro atoms. The highest BCUT2D eigenvalue weighted by atomic mass is 16.5. The standard InChI is InChI=1S/C45H49N9O4/c1-27-24-32(12-15-35(27)28(2)47-43(57)41-49-44(58-52-41)45(3,4)5)39-37-25-33(26-46-40(37)51-50-39)30-10-13-34(14-11-30)54-22-20-53(21-23-54)19-18-29-6-8-31(9-7-29)36-16-17-38(55)48-42(36)56/h6-15,24-26,28,36H,16-23H2,1-5H3,(H,47,57)(H,46,50,51)(H,48,55,56)/t28-,36?/m1/s1. The predicted molar refractivity (Wildman–Crippen MR) is 222 cm³/mol. The van der Waals surface area contributed by atoms with Gasteiger partial charge >= 0.3 is 0 Å². The number of aromatic amines is 1. The summed E-state index contributed by atoms with van der Waals surface area (Å²) in [5.74, 6) is -0.565. The second kappa shape index (κ2) is 16.0. The van der Waals surface area contributed by atoms with Gasteiger partial charge in [-0.1, -0.05) is 74.5 Å². The first-order valence-corrected chi connectivity index (χ1v) is 20.0. The lowest BCUT2D eigenvalue weighted by Crippen LogP contribution is -2.47. The van der Waals surface area contributed by atoms with E-state index in [0.717, 1.165) is 83.6 Å². The van der Waals surface area contributed by atoms with Gasteiger partial charge in [-0.3, -0.25) is 29.7 Å². The van der Waals surface area contributed by atoms with Crippen LogP contribution in [-0.2, 0) is 21.4 Å². The van der Waals surface area contributed by atoms with Crippen LogP contribution in [0.3, 0.4) is 0 Å². The van der Waals surface area contributed by atoms with Crippen LogP contribution >= 0.6 is 0 Å². The van der Waals surface area contributed by atoms with Gasteiger partial charge in [0.1, 0.15) is 0 Å². The topological polar surface area (TPSA) is 162 Å². The van der Waals surface area contributed by atoms with E-state index in [1.807, 2.05) is 65.1 Å². The van der Waals surface area contributed by atoms with Gasteiger partial charge in [-0.05, 0) is 78.8 Å². The molecule has 3 aromatic heterocycles. The Bertz CT molecular complexity index is 2460. The van der Waals surface area contributed by atoms with E-state index in [0.29, 0.717) is 24.4 Å². The van der Waals surface area contributed by atoms with Gasteiger partial charge in [0.2, 0.25) is 17.7 Å². The van der Waals surface area contributed by atoms with Crippen LogP contribution in [0.5, 0.6) is 0 Å². The van der Waals surface area contributed by atoms with Crippen molar-refractivity contribution in [1.29, 1.82) is 0 Å². The molecule has 8 rings (SSSR count). The molecule has 2 atom stereocenters. The largest absolute Gasteiger partial charge is 0.369 e. The number of rotatable bonds is 10. The highest BCUT2D eigenvalue weighted by Gasteiger charge is 2.28. The Morgan fingerprint density at radius 1 is 0.948 bits per heavy atom. The summed E-state index contributed by atoms with van der Waals surface area (Å²) >= 11 is 0. The molecular weight excluding hydrogens is 731 g/mol. The monoisotopic (exact) mass is 779 g/mol. The first kappa shape index (κ1) is 38.7. The molecule has 2 fully saturated rings. The van der Waals surface area contributed by atoms with Crippen LogP contribution in [0, 0.1) is 6.92 Å². The number of hydrogen-bond donors (Lipinski definition) is 3. The number of fused-ring (bicyclic) bond motifs is 1. The highest BCUT2D eigenvalue weighted by molar-refractivity contribution is 6.01. The van der Waals surface area contributed by atoms with Crippen LogP contribution in [0.2, 0.25) is 0 Å². The second-order valence-corrected chi connectivity index (χ2v) is 16.5. The Balaban J connectivity index is 0.865. The summed E-state index contributed by atoms with van der Waals surface area (Å²) in [6, 6.07) is 25.0. The zero-order chi connectivity index (χ0) is 40.6. The van der Waals surface area contributed by atoms with Gasteiger partial charge < -0.3 is 14.7 Å². The molecule has 0 radical (unpaired) electrons. The molecule has 13 nitrogen and oxygen atoms in total. The number of nitrogens with one attached hydrogen (secondary N) is 3. The molecule has 2 aliphatic rings. The Hall–Kier alpha value is -6.21. The number of amides is 3. The van der Waals surface area contributed by atoms with Crippen molar-refractivity contribution in [3.8, 4) is 22.4 Å². The number of imide groups is 1. The third kappa shape index (κ3) is 8.26. The predicted octanol–water partition coefficient (Wildman–Crippen LogP) is 6.66. The minimum absolute atomic E-state index is 0.0217. The lowest BCUT2D eigenvalue weighted by atomic mass is 9.90. The van der Waals surface area contributed by atoms with Gasteiger partial charge in [0.15, 0.2) is 5.65 Å². The molecule has 3 amide bonds. The van der Waals surface area contributed by atoms with E-state index < -0.39 is 0 Å². The summed E-state index contributed by atoms with van der Waals surface area (Å²) in [6.45, 7) is 14.7. The fourth-order valence-electron chi connectivity index (χ4n) is 7.86. The number of aryl methyl sites for hydroxylation is 1. The van der Waals surface area contributed by atoms with Crippen molar-refractivity contribution in [2.45, 2.75) is 71.3 Å². The normalized spacial score (nSPS) is 17.1. The number of anilines is 1. The van der Waals surface area contributed by atoms with Crippen molar-refractivity contribution >= 4 is 34.4 Å². The summed E-state index contributed by atoms with van der Waals surface area (Å²) in [5.41, 5.74) is 9.70. The average molecular weight is 780 g/mol. The van der Waals surface area contributed by atoms with Crippen LogP contribution in [0.15, 0.2) is 83.5 Å². The molecule has 0 saturated carbocycles. The molecule has 1 unspecified atom stereocenters. The Morgan fingerprint density at radius 2 is 1.69 bits per heavy atom. The molecule has 3 aromatic carbocycles. The number of H-pyrrole nitrogens is 1. The molecule has 0 bridgehead atoms. The van der Waals surface area contributed by atoms with Crippen molar-refractivity contribution in [2.75, 3.05) is 37.6 Å². The quantitative estimate of drug-likeness (QED) is 0.128. The molecule has 13 heteroatoms. The van der Waals surface area contributed by atoms with Crippen molar-refractivity contribution in [1.82, 2.24) is 40.9 Å². The number of nitrogens with zero attached hydrogens (tertiary/aromatic N) is 6. The lowest BCUT2D eigenvalue weighted by molar-refractivity contribution is -0.134. The van der Waals surface area contributed by atoms with E-state index in [4.69, 9.17) is 4.52 Å². The molecular formula is C45H49N9O4. The lowest BCUT2D eigenvalue weighted by Gasteiger charge is -2.36. The summed E-state index contributed by atoms with van der Waals surface area (Å²) in [4.78, 5) is 50.6. The molecule has 0 aliphatic carbocycles. The third-order valence-electron chi connectivity index (χ3n) is 11.3. The van der Waals surface area contributed by atoms with Crippen molar-refractivity contribution in [3.05, 3.63) is 113 Å². The first-order valence-electron chi connectivity index (χ1n) is 20.0. The number of pyridine rings is 1. The van der Waals surface area contributed by atoms with Gasteiger partial charge in [0.05, 0.1) is 17.7 Å². The number of benzene rings is 3. The van der Waals surface area contributed by atoms with Crippen LogP contribution < -0.4 is 15.5 Å². The van der Waals surface area contributed by atoms with E-state index in [1.165, 1.54) is 11.3 Å². The molecule has 58 heavy (non-hydrogen) atoms. The fraction of sp³-hybridized carbons (Fsp3) is 0.356. The Kier molecular flexibility index (Phi) is 10.6. The van der Waals surface area contributed by atoms with E-state index in [-0.39, 0.29) is 40.9 Å². The van der Waals surface area contributed by atoms with E-state index in [2.05, 4.69) is 94.3 Å². The summed E-state index contributed by atoms with van der Waals surface area (Å²) in [5, 5.41) is 18.0. The van der Waals surface area contributed by atoms with Gasteiger partial charge in [-0.25, -0.2) is 4.98 Å². The zero-order valence-electron chi connectivity index (χ0n) is 33.6. The summed E-state index contributed by atoms with van der Waals surface area (Å²) < 4.78 is 5.31. The number of carbonyl (C=O) groups excluding carboxylic acids is 3. The molecule has 6 aromatic rings. The smallest absolute Gasteiger partial charge is 0.293 e. The highest BCUT2D eigenvalue weighted by Crippen LogP contribution is 2.33. The first-order chi connectivity index (χ1) is 27.9. The Morgan fingerprint density at radius 3 is 2.38 bits per heavy atom. The molecule has 298 valence electrons. The molecule has 2 saturated heterocycles.